The molecule has 32 heavy (non-hydrogen) atoms. The van der Waals surface area contributed by atoms with Gasteiger partial charge >= 0.3 is 0 Å². The number of nitrogens with zero attached hydrogens (tertiary/aromatic N) is 2. The van der Waals surface area contributed by atoms with Gasteiger partial charge in [0, 0.05) is 57.5 Å². The van der Waals surface area contributed by atoms with Crippen LogP contribution in [0.4, 0.5) is 0 Å². The third kappa shape index (κ3) is 10.0. The summed E-state index contributed by atoms with van der Waals surface area (Å²) in [6.07, 6.45) is 3.29. The second kappa shape index (κ2) is 15.4. The smallest absolute Gasteiger partial charge is 0.251 e. The van der Waals surface area contributed by atoms with E-state index in [1.165, 1.54) is 0 Å². The van der Waals surface area contributed by atoms with Crippen molar-refractivity contribution in [3.05, 3.63) is 35.4 Å². The van der Waals surface area contributed by atoms with E-state index in [0.29, 0.717) is 30.7 Å². The molecular formula is C24H42IN5O2. The predicted molar refractivity (Wildman–Crippen MR) is 143 cm³/mol. The molecule has 1 atom stereocenters. The molecule has 182 valence electrons. The molecule has 8 heteroatoms. The fourth-order valence-electron chi connectivity index (χ4n) is 3.92. The first-order valence-corrected chi connectivity index (χ1v) is 11.6. The highest BCUT2D eigenvalue weighted by atomic mass is 127. The molecule has 3 N–H and O–H groups in total. The van der Waals surface area contributed by atoms with E-state index in [9.17, 15) is 4.79 Å². The van der Waals surface area contributed by atoms with E-state index in [2.05, 4.69) is 53.5 Å². The van der Waals surface area contributed by atoms with Gasteiger partial charge < -0.3 is 20.7 Å². The minimum absolute atomic E-state index is 0. The molecular weight excluding hydrogens is 517 g/mol. The van der Waals surface area contributed by atoms with Gasteiger partial charge in [0.15, 0.2) is 5.96 Å². The number of hydrogen-bond donors (Lipinski definition) is 3. The van der Waals surface area contributed by atoms with Crippen LogP contribution in [0.3, 0.4) is 0 Å². The molecule has 0 spiro atoms. The molecule has 1 aromatic carbocycles. The van der Waals surface area contributed by atoms with Crippen LogP contribution in [0.15, 0.2) is 29.3 Å². The summed E-state index contributed by atoms with van der Waals surface area (Å²) < 4.78 is 5.57. The van der Waals surface area contributed by atoms with Gasteiger partial charge in [-0.25, -0.2) is 0 Å². The zero-order chi connectivity index (χ0) is 22.6. The monoisotopic (exact) mass is 559 g/mol. The topological polar surface area (TPSA) is 78.0 Å². The number of amides is 1. The van der Waals surface area contributed by atoms with Crippen molar-refractivity contribution >= 4 is 35.8 Å². The van der Waals surface area contributed by atoms with Crippen molar-refractivity contribution in [2.24, 2.45) is 4.99 Å². The number of hydrogen-bond acceptors (Lipinski definition) is 4. The van der Waals surface area contributed by atoms with Crippen LogP contribution < -0.4 is 16.0 Å². The van der Waals surface area contributed by atoms with Crippen molar-refractivity contribution in [1.29, 1.82) is 0 Å². The molecule has 0 bridgehead atoms. The molecule has 0 radical (unpaired) electrons. The molecule has 1 heterocycles. The first kappa shape index (κ1) is 28.6. The van der Waals surface area contributed by atoms with Gasteiger partial charge in [-0.2, -0.15) is 0 Å². The minimum Gasteiger partial charge on any atom is -0.376 e. The Labute approximate surface area is 211 Å². The van der Waals surface area contributed by atoms with Crippen LogP contribution in [0, 0.1) is 0 Å². The summed E-state index contributed by atoms with van der Waals surface area (Å²) >= 11 is 0. The highest BCUT2D eigenvalue weighted by Crippen LogP contribution is 2.11. The lowest BCUT2D eigenvalue weighted by Gasteiger charge is -2.30. The highest BCUT2D eigenvalue weighted by Gasteiger charge is 2.17. The lowest BCUT2D eigenvalue weighted by molar-refractivity contribution is 0.0857. The molecule has 0 aromatic heterocycles. The molecule has 2 rings (SSSR count). The third-order valence-corrected chi connectivity index (χ3v) is 5.60. The number of ether oxygens (including phenoxy) is 1. The number of carbonyl (C=O) groups excluding carboxylic acids is 1. The van der Waals surface area contributed by atoms with Crippen LogP contribution in [-0.2, 0) is 11.3 Å². The van der Waals surface area contributed by atoms with Crippen molar-refractivity contribution in [2.75, 3.05) is 33.3 Å². The van der Waals surface area contributed by atoms with Crippen LogP contribution in [0.5, 0.6) is 0 Å². The fraction of sp³-hybridized carbons (Fsp3) is 0.667. The maximum absolute atomic E-state index is 12.4. The lowest BCUT2D eigenvalue weighted by atomic mass is 10.1. The first-order valence-electron chi connectivity index (χ1n) is 11.6. The van der Waals surface area contributed by atoms with Crippen LogP contribution in [0.1, 0.15) is 62.9 Å². The standard InChI is InChI=1S/C24H41N5O2.HI/c1-18(2)29(19(3)4)13-8-12-26-24(25-5)28-16-20-9-6-10-21(15-20)23(30)27-17-22-11-7-14-31-22;/h6,9-10,15,18-19,22H,7-8,11-14,16-17H2,1-5H3,(H,27,30)(H2,25,26,28);1H. The molecule has 0 saturated carbocycles. The van der Waals surface area contributed by atoms with Gasteiger partial charge in [0.1, 0.15) is 0 Å². The van der Waals surface area contributed by atoms with Gasteiger partial charge in [-0.3, -0.25) is 14.7 Å². The zero-order valence-electron chi connectivity index (χ0n) is 20.3. The van der Waals surface area contributed by atoms with Crippen molar-refractivity contribution in [1.82, 2.24) is 20.9 Å². The summed E-state index contributed by atoms with van der Waals surface area (Å²) in [6, 6.07) is 8.80. The quantitative estimate of drug-likeness (QED) is 0.168. The van der Waals surface area contributed by atoms with Crippen molar-refractivity contribution in [2.45, 2.75) is 71.7 Å². The second-order valence-electron chi connectivity index (χ2n) is 8.68. The van der Waals surface area contributed by atoms with Crippen molar-refractivity contribution in [3.8, 4) is 0 Å². The van der Waals surface area contributed by atoms with Gasteiger partial charge in [-0.15, -0.1) is 24.0 Å². The molecule has 1 amide bonds. The second-order valence-corrected chi connectivity index (χ2v) is 8.68. The number of rotatable bonds is 11. The number of carbonyl (C=O) groups is 1. The molecule has 1 aromatic rings. The Kier molecular flexibility index (Phi) is 13.8. The number of halogens is 1. The SMILES string of the molecule is CN=C(NCCCN(C(C)C)C(C)C)NCc1cccc(C(=O)NCC2CCCO2)c1.I. The fourth-order valence-corrected chi connectivity index (χ4v) is 3.92. The van der Waals surface area contributed by atoms with Gasteiger partial charge in [-0.05, 0) is 64.7 Å². The Morgan fingerprint density at radius 3 is 2.56 bits per heavy atom. The molecule has 1 aliphatic heterocycles. The summed E-state index contributed by atoms with van der Waals surface area (Å²) in [5.41, 5.74) is 1.71. The number of benzene rings is 1. The Morgan fingerprint density at radius 1 is 1.19 bits per heavy atom. The molecule has 7 nitrogen and oxygen atoms in total. The van der Waals surface area contributed by atoms with Crippen LogP contribution >= 0.6 is 24.0 Å². The van der Waals surface area contributed by atoms with E-state index in [4.69, 9.17) is 4.74 Å². The predicted octanol–water partition coefficient (Wildman–Crippen LogP) is 3.39. The maximum Gasteiger partial charge on any atom is 0.251 e. The zero-order valence-corrected chi connectivity index (χ0v) is 22.6. The summed E-state index contributed by atoms with van der Waals surface area (Å²) in [6.45, 7) is 12.9. The van der Waals surface area contributed by atoms with E-state index in [1.54, 1.807) is 7.05 Å². The Hall–Kier alpha value is -1.39. The number of nitrogens with one attached hydrogen (secondary N) is 3. The summed E-state index contributed by atoms with van der Waals surface area (Å²) in [5.74, 6) is 0.716. The minimum atomic E-state index is -0.0558. The average molecular weight is 560 g/mol. The Morgan fingerprint density at radius 2 is 1.94 bits per heavy atom. The van der Waals surface area contributed by atoms with E-state index in [0.717, 1.165) is 50.5 Å². The van der Waals surface area contributed by atoms with Crippen LogP contribution in [0.25, 0.3) is 0 Å². The molecule has 1 aliphatic rings. The molecule has 1 unspecified atom stereocenters. The van der Waals surface area contributed by atoms with Gasteiger partial charge in [-0.1, -0.05) is 12.1 Å². The molecule has 1 saturated heterocycles. The van der Waals surface area contributed by atoms with Crippen molar-refractivity contribution < 1.29 is 9.53 Å². The van der Waals surface area contributed by atoms with Crippen LogP contribution in [-0.4, -0.2) is 68.2 Å². The average Bonchev–Trinajstić information content (AvgIpc) is 3.27. The first-order chi connectivity index (χ1) is 14.9. The summed E-state index contributed by atoms with van der Waals surface area (Å²) in [7, 11) is 1.78. The largest absolute Gasteiger partial charge is 0.376 e. The van der Waals surface area contributed by atoms with Gasteiger partial charge in [0.05, 0.1) is 6.10 Å². The van der Waals surface area contributed by atoms with E-state index in [-0.39, 0.29) is 36.0 Å². The Bertz CT molecular complexity index is 697. The molecule has 0 aliphatic carbocycles. The van der Waals surface area contributed by atoms with Crippen molar-refractivity contribution in [3.63, 3.8) is 0 Å². The lowest BCUT2D eigenvalue weighted by Crippen LogP contribution is -2.41. The van der Waals surface area contributed by atoms with Gasteiger partial charge in [0.25, 0.3) is 5.91 Å². The third-order valence-electron chi connectivity index (χ3n) is 5.60. The summed E-state index contributed by atoms with van der Waals surface area (Å²) in [5, 5.41) is 9.70. The van der Waals surface area contributed by atoms with E-state index in [1.807, 2.05) is 24.3 Å². The maximum atomic E-state index is 12.4. The number of aliphatic imine (C=N–C) groups is 1. The van der Waals surface area contributed by atoms with Gasteiger partial charge in [0.2, 0.25) is 0 Å². The highest BCUT2D eigenvalue weighted by molar-refractivity contribution is 14.0. The Balaban J connectivity index is 0.00000512. The summed E-state index contributed by atoms with van der Waals surface area (Å²) in [4.78, 5) is 19.2. The normalized spacial score (nSPS) is 16.4. The van der Waals surface area contributed by atoms with E-state index >= 15 is 0 Å². The van der Waals surface area contributed by atoms with Crippen LogP contribution in [0.2, 0.25) is 0 Å². The molecule has 1 fully saturated rings. The van der Waals surface area contributed by atoms with E-state index < -0.39 is 0 Å². The number of guanidine groups is 1.